The van der Waals surface area contributed by atoms with Crippen LogP contribution in [0.15, 0.2) is 30.3 Å². The van der Waals surface area contributed by atoms with E-state index in [0.29, 0.717) is 13.2 Å². The van der Waals surface area contributed by atoms with Crippen LogP contribution in [-0.2, 0) is 20.8 Å². The van der Waals surface area contributed by atoms with Gasteiger partial charge in [-0.1, -0.05) is 30.3 Å². The first kappa shape index (κ1) is 11.6. The van der Waals surface area contributed by atoms with Crippen molar-refractivity contribution >= 4 is 0 Å². The van der Waals surface area contributed by atoms with Gasteiger partial charge >= 0.3 is 0 Å². The number of rotatable bonds is 4. The van der Waals surface area contributed by atoms with Crippen LogP contribution in [0.5, 0.6) is 0 Å². The van der Waals surface area contributed by atoms with Crippen LogP contribution in [-0.4, -0.2) is 32.5 Å². The Bertz CT molecular complexity index is 299. The lowest BCUT2D eigenvalue weighted by atomic mass is 10.1. The van der Waals surface area contributed by atoms with Gasteiger partial charge in [-0.2, -0.15) is 0 Å². The SMILES string of the molecule is CO[C@H]1COCC[C@@H]1OCc1ccccc1. The molecule has 1 saturated heterocycles. The van der Waals surface area contributed by atoms with E-state index in [9.17, 15) is 0 Å². The van der Waals surface area contributed by atoms with Crippen molar-refractivity contribution in [2.24, 2.45) is 0 Å². The summed E-state index contributed by atoms with van der Waals surface area (Å²) in [7, 11) is 1.71. The van der Waals surface area contributed by atoms with E-state index in [1.807, 2.05) is 18.2 Å². The monoisotopic (exact) mass is 222 g/mol. The predicted octanol–water partition coefficient (Wildman–Crippen LogP) is 2.01. The fourth-order valence-electron chi connectivity index (χ4n) is 1.88. The van der Waals surface area contributed by atoms with Gasteiger partial charge in [-0.3, -0.25) is 0 Å². The van der Waals surface area contributed by atoms with Gasteiger partial charge in [-0.25, -0.2) is 0 Å². The third-order valence-corrected chi connectivity index (χ3v) is 2.85. The molecule has 2 rings (SSSR count). The molecule has 0 bridgehead atoms. The molecule has 0 radical (unpaired) electrons. The Labute approximate surface area is 96.3 Å². The van der Waals surface area contributed by atoms with Crippen LogP contribution in [0.4, 0.5) is 0 Å². The normalized spacial score (nSPS) is 25.6. The molecule has 0 unspecified atom stereocenters. The molecule has 2 atom stereocenters. The van der Waals surface area contributed by atoms with Gasteiger partial charge in [0.1, 0.15) is 6.10 Å². The molecule has 3 heteroatoms. The van der Waals surface area contributed by atoms with Crippen molar-refractivity contribution in [3.8, 4) is 0 Å². The van der Waals surface area contributed by atoms with E-state index in [0.717, 1.165) is 13.0 Å². The molecule has 1 aromatic carbocycles. The fraction of sp³-hybridized carbons (Fsp3) is 0.538. The van der Waals surface area contributed by atoms with E-state index >= 15 is 0 Å². The molecule has 3 nitrogen and oxygen atoms in total. The number of methoxy groups -OCH3 is 1. The standard InChI is InChI=1S/C13H18O3/c1-14-13-10-15-8-7-12(13)16-9-11-5-3-2-4-6-11/h2-6,12-13H,7-10H2,1H3/t12-,13-/m0/s1. The molecule has 0 saturated carbocycles. The molecule has 0 aromatic heterocycles. The van der Waals surface area contributed by atoms with Gasteiger partial charge in [0.05, 0.1) is 19.3 Å². The van der Waals surface area contributed by atoms with Crippen molar-refractivity contribution < 1.29 is 14.2 Å². The minimum atomic E-state index is 0.0671. The molecule has 88 valence electrons. The summed E-state index contributed by atoms with van der Waals surface area (Å²) in [6.45, 7) is 2.04. The minimum Gasteiger partial charge on any atom is -0.379 e. The van der Waals surface area contributed by atoms with Gasteiger partial charge < -0.3 is 14.2 Å². The molecule has 0 N–H and O–H groups in total. The maximum absolute atomic E-state index is 5.87. The zero-order valence-corrected chi connectivity index (χ0v) is 9.59. The summed E-state index contributed by atoms with van der Waals surface area (Å²) in [4.78, 5) is 0. The predicted molar refractivity (Wildman–Crippen MR) is 61.3 cm³/mol. The molecule has 1 heterocycles. The third-order valence-electron chi connectivity index (χ3n) is 2.85. The fourth-order valence-corrected chi connectivity index (χ4v) is 1.88. The molecule has 1 aliphatic rings. The Balaban J connectivity index is 1.84. The summed E-state index contributed by atoms with van der Waals surface area (Å²) >= 11 is 0. The second-order valence-electron chi connectivity index (χ2n) is 3.97. The lowest BCUT2D eigenvalue weighted by molar-refractivity contribution is -0.132. The molecule has 1 aliphatic heterocycles. The van der Waals surface area contributed by atoms with E-state index < -0.39 is 0 Å². The Morgan fingerprint density at radius 3 is 2.81 bits per heavy atom. The van der Waals surface area contributed by atoms with Crippen LogP contribution in [0.1, 0.15) is 12.0 Å². The Morgan fingerprint density at radius 1 is 1.25 bits per heavy atom. The highest BCUT2D eigenvalue weighted by Gasteiger charge is 2.26. The maximum Gasteiger partial charge on any atom is 0.107 e. The zero-order chi connectivity index (χ0) is 11.2. The Hall–Kier alpha value is -0.900. The average molecular weight is 222 g/mol. The lowest BCUT2D eigenvalue weighted by Crippen LogP contribution is -2.39. The van der Waals surface area contributed by atoms with Crippen molar-refractivity contribution in [1.82, 2.24) is 0 Å². The summed E-state index contributed by atoms with van der Waals surface area (Å²) in [5.74, 6) is 0. The van der Waals surface area contributed by atoms with E-state index in [-0.39, 0.29) is 12.2 Å². The highest BCUT2D eigenvalue weighted by atomic mass is 16.6. The first-order valence-electron chi connectivity index (χ1n) is 5.66. The summed E-state index contributed by atoms with van der Waals surface area (Å²) in [6, 6.07) is 10.2. The lowest BCUT2D eigenvalue weighted by Gasteiger charge is -2.30. The van der Waals surface area contributed by atoms with Gasteiger partial charge in [-0.15, -0.1) is 0 Å². The van der Waals surface area contributed by atoms with Crippen LogP contribution >= 0.6 is 0 Å². The summed E-state index contributed by atoms with van der Waals surface area (Å²) in [5, 5.41) is 0. The minimum absolute atomic E-state index is 0.0671. The summed E-state index contributed by atoms with van der Waals surface area (Å²) in [6.07, 6.45) is 1.13. The van der Waals surface area contributed by atoms with Crippen LogP contribution in [0, 0.1) is 0 Å². The Morgan fingerprint density at radius 2 is 2.06 bits per heavy atom. The van der Waals surface area contributed by atoms with E-state index in [4.69, 9.17) is 14.2 Å². The summed E-state index contributed by atoms with van der Waals surface area (Å²) in [5.41, 5.74) is 1.20. The molecule has 0 amide bonds. The zero-order valence-electron chi connectivity index (χ0n) is 9.59. The van der Waals surface area contributed by atoms with E-state index in [2.05, 4.69) is 12.1 Å². The second-order valence-corrected chi connectivity index (χ2v) is 3.97. The molecule has 0 spiro atoms. The highest BCUT2D eigenvalue weighted by molar-refractivity contribution is 5.13. The number of ether oxygens (including phenoxy) is 3. The van der Waals surface area contributed by atoms with Crippen LogP contribution < -0.4 is 0 Å². The molecule has 16 heavy (non-hydrogen) atoms. The quantitative estimate of drug-likeness (QED) is 0.780. The second kappa shape index (κ2) is 5.99. The maximum atomic E-state index is 5.87. The number of hydrogen-bond acceptors (Lipinski definition) is 3. The van der Waals surface area contributed by atoms with Gasteiger partial charge in [0, 0.05) is 13.7 Å². The highest BCUT2D eigenvalue weighted by Crippen LogP contribution is 2.16. The Kier molecular flexibility index (Phi) is 4.34. The third kappa shape index (κ3) is 3.04. The molecular formula is C13H18O3. The summed E-state index contributed by atoms with van der Waals surface area (Å²) < 4.78 is 16.6. The molecule has 1 aromatic rings. The van der Waals surface area contributed by atoms with Gasteiger partial charge in [0.15, 0.2) is 0 Å². The van der Waals surface area contributed by atoms with Crippen LogP contribution in [0.2, 0.25) is 0 Å². The number of hydrogen-bond donors (Lipinski definition) is 0. The number of benzene rings is 1. The van der Waals surface area contributed by atoms with Gasteiger partial charge in [0.2, 0.25) is 0 Å². The molecule has 1 fully saturated rings. The molecular weight excluding hydrogens is 204 g/mol. The largest absolute Gasteiger partial charge is 0.379 e. The van der Waals surface area contributed by atoms with Crippen LogP contribution in [0.3, 0.4) is 0 Å². The molecule has 0 aliphatic carbocycles. The van der Waals surface area contributed by atoms with Crippen molar-refractivity contribution in [1.29, 1.82) is 0 Å². The van der Waals surface area contributed by atoms with E-state index in [1.54, 1.807) is 7.11 Å². The van der Waals surface area contributed by atoms with Crippen molar-refractivity contribution in [3.63, 3.8) is 0 Å². The van der Waals surface area contributed by atoms with Gasteiger partial charge in [0.25, 0.3) is 0 Å². The smallest absolute Gasteiger partial charge is 0.107 e. The van der Waals surface area contributed by atoms with Crippen molar-refractivity contribution in [2.45, 2.75) is 25.2 Å². The average Bonchev–Trinajstić information content (AvgIpc) is 2.38. The van der Waals surface area contributed by atoms with Gasteiger partial charge in [-0.05, 0) is 12.0 Å². The van der Waals surface area contributed by atoms with E-state index in [1.165, 1.54) is 5.56 Å². The van der Waals surface area contributed by atoms with Crippen molar-refractivity contribution in [2.75, 3.05) is 20.3 Å². The first-order valence-corrected chi connectivity index (χ1v) is 5.66. The first-order chi connectivity index (χ1) is 7.90. The topological polar surface area (TPSA) is 27.7 Å². The van der Waals surface area contributed by atoms with Crippen molar-refractivity contribution in [3.05, 3.63) is 35.9 Å². The van der Waals surface area contributed by atoms with Crippen LogP contribution in [0.25, 0.3) is 0 Å².